The fourth-order valence-electron chi connectivity index (χ4n) is 2.90. The fourth-order valence-corrected chi connectivity index (χ4v) is 2.90. The van der Waals surface area contributed by atoms with Crippen LogP contribution in [0.1, 0.15) is 42.5 Å². The minimum Gasteiger partial charge on any atom is -0.479 e. The molecule has 9 heteroatoms. The van der Waals surface area contributed by atoms with Crippen LogP contribution < -0.4 is 15.8 Å². The van der Waals surface area contributed by atoms with Gasteiger partial charge in [-0.1, -0.05) is 25.1 Å². The number of hydrogen-bond acceptors (Lipinski definition) is 9. The van der Waals surface area contributed by atoms with Crippen molar-refractivity contribution in [3.8, 4) is 5.75 Å². The molecule has 1 heterocycles. The minimum absolute atomic E-state index is 0.0115. The maximum atomic E-state index is 12.3. The molecule has 0 saturated carbocycles. The normalized spacial score (nSPS) is 11.5. The third kappa shape index (κ3) is 6.00. The number of aryl methyl sites for hydroxylation is 1. The quantitative estimate of drug-likeness (QED) is 0.383. The number of ketones is 1. The number of Topliss-reactive ketones (excluding diaryl/α,β-unsaturated/α-hetero) is 1. The Balaban J connectivity index is 1.60. The molecule has 0 spiro atoms. The first-order chi connectivity index (χ1) is 15.4. The van der Waals surface area contributed by atoms with Crippen molar-refractivity contribution in [3.05, 3.63) is 65.5 Å². The lowest BCUT2D eigenvalue weighted by Crippen LogP contribution is -2.26. The second-order valence-electron chi connectivity index (χ2n) is 7.02. The molecule has 0 saturated heterocycles. The van der Waals surface area contributed by atoms with Crippen molar-refractivity contribution in [1.82, 2.24) is 15.0 Å². The number of nitrogens with one attached hydrogen (secondary N) is 1. The average molecular weight is 435 g/mol. The Morgan fingerprint density at radius 1 is 1.06 bits per heavy atom. The Morgan fingerprint density at radius 2 is 1.78 bits per heavy atom. The summed E-state index contributed by atoms with van der Waals surface area (Å²) in [7, 11) is 0. The van der Waals surface area contributed by atoms with Gasteiger partial charge >= 0.3 is 5.97 Å². The molecule has 1 aromatic heterocycles. The zero-order chi connectivity index (χ0) is 23.1. The van der Waals surface area contributed by atoms with E-state index in [4.69, 9.17) is 15.2 Å². The SMILES string of the molecule is CCc1ccccc1Nc1nc(N)nc(COC(=O)C(C)Oc2ccc(C(C)=O)cc2)n1. The molecule has 1 atom stereocenters. The van der Waals surface area contributed by atoms with Crippen LogP contribution in [0.2, 0.25) is 0 Å². The first-order valence-corrected chi connectivity index (χ1v) is 10.2. The van der Waals surface area contributed by atoms with Crippen molar-refractivity contribution >= 4 is 29.3 Å². The lowest BCUT2D eigenvalue weighted by atomic mass is 10.1. The number of benzene rings is 2. The van der Waals surface area contributed by atoms with E-state index in [9.17, 15) is 9.59 Å². The van der Waals surface area contributed by atoms with Gasteiger partial charge in [0.1, 0.15) is 5.75 Å². The van der Waals surface area contributed by atoms with E-state index < -0.39 is 12.1 Å². The highest BCUT2D eigenvalue weighted by Gasteiger charge is 2.18. The van der Waals surface area contributed by atoms with Crippen molar-refractivity contribution < 1.29 is 19.1 Å². The summed E-state index contributed by atoms with van der Waals surface area (Å²) in [5.41, 5.74) is 8.32. The second-order valence-corrected chi connectivity index (χ2v) is 7.02. The fraction of sp³-hybridized carbons (Fsp3) is 0.261. The molecule has 0 amide bonds. The van der Waals surface area contributed by atoms with Gasteiger partial charge in [-0.05, 0) is 56.2 Å². The molecule has 1 unspecified atom stereocenters. The number of carbonyl (C=O) groups excluding carboxylic acids is 2. The number of carbonyl (C=O) groups is 2. The zero-order valence-corrected chi connectivity index (χ0v) is 18.2. The van der Waals surface area contributed by atoms with Gasteiger partial charge < -0.3 is 20.5 Å². The first kappa shape index (κ1) is 22.7. The number of hydrogen-bond donors (Lipinski definition) is 2. The molecule has 9 nitrogen and oxygen atoms in total. The first-order valence-electron chi connectivity index (χ1n) is 10.2. The number of aromatic nitrogens is 3. The number of nitrogens with zero attached hydrogens (tertiary/aromatic N) is 3. The van der Waals surface area contributed by atoms with E-state index in [-0.39, 0.29) is 30.1 Å². The maximum absolute atomic E-state index is 12.3. The molecule has 0 radical (unpaired) electrons. The Kier molecular flexibility index (Phi) is 7.33. The van der Waals surface area contributed by atoms with Crippen LogP contribution in [-0.4, -0.2) is 32.8 Å². The Bertz CT molecular complexity index is 1100. The molecule has 0 aliphatic carbocycles. The van der Waals surface area contributed by atoms with Crippen molar-refractivity contribution in [2.45, 2.75) is 39.9 Å². The molecule has 0 aliphatic rings. The van der Waals surface area contributed by atoms with E-state index in [1.807, 2.05) is 31.2 Å². The van der Waals surface area contributed by atoms with Crippen LogP contribution in [0.5, 0.6) is 5.75 Å². The topological polar surface area (TPSA) is 129 Å². The van der Waals surface area contributed by atoms with Gasteiger partial charge in [-0.2, -0.15) is 15.0 Å². The molecule has 166 valence electrons. The largest absolute Gasteiger partial charge is 0.479 e. The molecule has 0 bridgehead atoms. The molecular weight excluding hydrogens is 410 g/mol. The van der Waals surface area contributed by atoms with Gasteiger partial charge in [0.15, 0.2) is 24.3 Å². The second kappa shape index (κ2) is 10.3. The Hall–Kier alpha value is -4.01. The molecule has 0 fully saturated rings. The Morgan fingerprint density at radius 3 is 2.47 bits per heavy atom. The standard InChI is InChI=1S/C23H25N5O4/c1-4-16-7-5-6-8-19(16)25-23-27-20(26-22(24)28-23)13-31-21(30)15(3)32-18-11-9-17(10-12-18)14(2)29/h5-12,15H,4,13H2,1-3H3,(H3,24,25,26,27,28). The molecule has 3 aromatic rings. The van der Waals surface area contributed by atoms with Crippen LogP contribution in [0.4, 0.5) is 17.6 Å². The minimum atomic E-state index is -0.869. The molecule has 32 heavy (non-hydrogen) atoms. The van der Waals surface area contributed by atoms with Crippen LogP contribution in [0.25, 0.3) is 0 Å². The molecular formula is C23H25N5O4. The molecule has 3 rings (SSSR count). The summed E-state index contributed by atoms with van der Waals surface area (Å²) >= 11 is 0. The highest BCUT2D eigenvalue weighted by Crippen LogP contribution is 2.20. The van der Waals surface area contributed by atoms with E-state index in [2.05, 4.69) is 20.3 Å². The van der Waals surface area contributed by atoms with Gasteiger partial charge in [-0.15, -0.1) is 0 Å². The summed E-state index contributed by atoms with van der Waals surface area (Å²) in [6.07, 6.45) is -0.0322. The highest BCUT2D eigenvalue weighted by atomic mass is 16.6. The summed E-state index contributed by atoms with van der Waals surface area (Å²) in [5.74, 6) is 0.292. The van der Waals surface area contributed by atoms with Crippen molar-refractivity contribution in [3.63, 3.8) is 0 Å². The van der Waals surface area contributed by atoms with Crippen LogP contribution in [-0.2, 0) is 22.6 Å². The van der Waals surface area contributed by atoms with Gasteiger partial charge in [0.25, 0.3) is 0 Å². The number of anilines is 3. The van der Waals surface area contributed by atoms with Gasteiger partial charge in [0.05, 0.1) is 0 Å². The number of esters is 1. The van der Waals surface area contributed by atoms with Crippen molar-refractivity contribution in [2.24, 2.45) is 0 Å². The van der Waals surface area contributed by atoms with E-state index in [1.165, 1.54) is 6.92 Å². The number of ether oxygens (including phenoxy) is 2. The summed E-state index contributed by atoms with van der Waals surface area (Å²) in [4.78, 5) is 36.1. The maximum Gasteiger partial charge on any atom is 0.347 e. The van der Waals surface area contributed by atoms with Crippen LogP contribution in [0.3, 0.4) is 0 Å². The average Bonchev–Trinajstić information content (AvgIpc) is 2.77. The smallest absolute Gasteiger partial charge is 0.347 e. The van der Waals surface area contributed by atoms with Crippen LogP contribution in [0, 0.1) is 0 Å². The van der Waals surface area contributed by atoms with Gasteiger partial charge in [-0.25, -0.2) is 4.79 Å². The number of nitrogens with two attached hydrogens (primary N) is 1. The van der Waals surface area contributed by atoms with Gasteiger partial charge in [-0.3, -0.25) is 4.79 Å². The molecule has 0 aliphatic heterocycles. The predicted octanol–water partition coefficient (Wildman–Crippen LogP) is 3.47. The summed E-state index contributed by atoms with van der Waals surface area (Å²) in [6, 6.07) is 14.3. The van der Waals surface area contributed by atoms with E-state index in [0.717, 1.165) is 17.7 Å². The Labute approximate surface area is 186 Å². The van der Waals surface area contributed by atoms with E-state index >= 15 is 0 Å². The highest BCUT2D eigenvalue weighted by molar-refractivity contribution is 5.94. The molecule has 3 N–H and O–H groups in total. The van der Waals surface area contributed by atoms with Crippen molar-refractivity contribution in [2.75, 3.05) is 11.1 Å². The van der Waals surface area contributed by atoms with E-state index in [0.29, 0.717) is 11.3 Å². The van der Waals surface area contributed by atoms with Crippen molar-refractivity contribution in [1.29, 1.82) is 0 Å². The third-order valence-corrected chi connectivity index (χ3v) is 4.59. The van der Waals surface area contributed by atoms with Gasteiger partial charge in [0.2, 0.25) is 11.9 Å². The summed E-state index contributed by atoms with van der Waals surface area (Å²) in [6.45, 7) is 4.91. The molecule has 2 aromatic carbocycles. The predicted molar refractivity (Wildman–Crippen MR) is 120 cm³/mol. The van der Waals surface area contributed by atoms with Crippen LogP contribution in [0.15, 0.2) is 48.5 Å². The summed E-state index contributed by atoms with van der Waals surface area (Å²) < 4.78 is 10.9. The number of para-hydroxylation sites is 1. The summed E-state index contributed by atoms with van der Waals surface area (Å²) in [5, 5.41) is 3.13. The number of nitrogen functional groups attached to an aromatic ring is 1. The lowest BCUT2D eigenvalue weighted by molar-refractivity contribution is -0.152. The van der Waals surface area contributed by atoms with Gasteiger partial charge in [0, 0.05) is 11.3 Å². The zero-order valence-electron chi connectivity index (χ0n) is 18.2. The number of rotatable bonds is 9. The monoisotopic (exact) mass is 435 g/mol. The van der Waals surface area contributed by atoms with E-state index in [1.54, 1.807) is 31.2 Å². The third-order valence-electron chi connectivity index (χ3n) is 4.59. The van der Waals surface area contributed by atoms with Crippen LogP contribution >= 0.6 is 0 Å². The lowest BCUT2D eigenvalue weighted by Gasteiger charge is -2.14.